The van der Waals surface area contributed by atoms with Gasteiger partial charge in [0, 0.05) is 0 Å². The lowest BCUT2D eigenvalue weighted by molar-refractivity contribution is -0.110. The summed E-state index contributed by atoms with van der Waals surface area (Å²) in [6.07, 6.45) is 5.74. The number of phenols is 2. The smallest absolute Gasteiger partial charge is 0.178 e. The van der Waals surface area contributed by atoms with Crippen LogP contribution in [0.3, 0.4) is 0 Å². The minimum atomic E-state index is -0.292. The van der Waals surface area contributed by atoms with Crippen molar-refractivity contribution in [2.75, 3.05) is 0 Å². The fourth-order valence-corrected chi connectivity index (χ4v) is 2.29. The summed E-state index contributed by atoms with van der Waals surface area (Å²) in [6.45, 7) is 2.70. The minimum Gasteiger partial charge on any atom is -0.507 e. The third kappa shape index (κ3) is 4.77. The SMILES string of the molecule is CC(=O)c1cc(C=CC(=O)C=Cc2ccc(O)c(C(C)=O)c2)ccc1O. The van der Waals surface area contributed by atoms with E-state index in [4.69, 9.17) is 0 Å². The Morgan fingerprint density at radius 3 is 1.46 bits per heavy atom. The predicted octanol–water partition coefficient (Wildman–Crippen LogP) is 3.80. The molecular weight excluding hydrogens is 332 g/mol. The van der Waals surface area contributed by atoms with E-state index in [1.54, 1.807) is 12.1 Å². The fourth-order valence-electron chi connectivity index (χ4n) is 2.29. The normalized spacial score (nSPS) is 11.2. The van der Waals surface area contributed by atoms with Gasteiger partial charge in [-0.05, 0) is 61.4 Å². The first-order valence-electron chi connectivity index (χ1n) is 7.86. The summed E-state index contributed by atoms with van der Waals surface area (Å²) in [6, 6.07) is 8.99. The molecule has 5 nitrogen and oxygen atoms in total. The quantitative estimate of drug-likeness (QED) is 0.611. The third-order valence-electron chi connectivity index (χ3n) is 3.68. The molecular formula is C21H18O5. The van der Waals surface area contributed by atoms with Crippen LogP contribution >= 0.6 is 0 Å². The van der Waals surface area contributed by atoms with Crippen molar-refractivity contribution in [2.24, 2.45) is 0 Å². The highest BCUT2D eigenvalue weighted by molar-refractivity contribution is 6.05. The molecule has 0 aromatic heterocycles. The number of carbonyl (C=O) groups is 3. The average molecular weight is 350 g/mol. The van der Waals surface area contributed by atoms with Gasteiger partial charge in [-0.3, -0.25) is 14.4 Å². The number of phenolic OH excluding ortho intramolecular Hbond substituents is 2. The molecule has 0 unspecified atom stereocenters. The van der Waals surface area contributed by atoms with Gasteiger partial charge in [0.05, 0.1) is 11.1 Å². The van der Waals surface area contributed by atoms with Crippen LogP contribution in [0.15, 0.2) is 48.6 Å². The first kappa shape index (κ1) is 18.9. The highest BCUT2D eigenvalue weighted by Crippen LogP contribution is 2.21. The second-order valence-corrected chi connectivity index (χ2v) is 5.73. The van der Waals surface area contributed by atoms with E-state index in [2.05, 4.69) is 0 Å². The molecule has 2 aromatic carbocycles. The molecule has 0 bridgehead atoms. The number of Topliss-reactive ketones (excluding diaryl/α,β-unsaturated/α-hetero) is 2. The highest BCUT2D eigenvalue weighted by Gasteiger charge is 2.07. The van der Waals surface area contributed by atoms with Crippen LogP contribution in [-0.4, -0.2) is 27.6 Å². The van der Waals surface area contributed by atoms with E-state index in [1.807, 2.05) is 0 Å². The van der Waals surface area contributed by atoms with Crippen molar-refractivity contribution in [3.05, 3.63) is 70.8 Å². The number of allylic oxidation sites excluding steroid dienone is 2. The maximum Gasteiger partial charge on any atom is 0.178 e. The highest BCUT2D eigenvalue weighted by atomic mass is 16.3. The molecule has 0 fully saturated rings. The van der Waals surface area contributed by atoms with Gasteiger partial charge >= 0.3 is 0 Å². The van der Waals surface area contributed by atoms with E-state index in [0.717, 1.165) is 0 Å². The van der Waals surface area contributed by atoms with Crippen molar-refractivity contribution < 1.29 is 24.6 Å². The van der Waals surface area contributed by atoms with Gasteiger partial charge in [0.15, 0.2) is 17.3 Å². The van der Waals surface area contributed by atoms with Crippen LogP contribution < -0.4 is 0 Å². The molecule has 132 valence electrons. The Hall–Kier alpha value is -3.47. The zero-order valence-electron chi connectivity index (χ0n) is 14.4. The van der Waals surface area contributed by atoms with Crippen LogP contribution in [-0.2, 0) is 4.79 Å². The third-order valence-corrected chi connectivity index (χ3v) is 3.68. The summed E-state index contributed by atoms with van der Waals surface area (Å²) in [5, 5.41) is 19.2. The number of hydrogen-bond acceptors (Lipinski definition) is 5. The molecule has 2 rings (SSSR count). The van der Waals surface area contributed by atoms with Crippen LogP contribution in [0.25, 0.3) is 12.2 Å². The summed E-state index contributed by atoms with van der Waals surface area (Å²) in [5.74, 6) is -1.03. The first-order chi connectivity index (χ1) is 12.3. The Morgan fingerprint density at radius 2 is 1.12 bits per heavy atom. The summed E-state index contributed by atoms with van der Waals surface area (Å²) < 4.78 is 0. The number of rotatable bonds is 6. The Labute approximate surface area is 150 Å². The molecule has 0 radical (unpaired) electrons. The topological polar surface area (TPSA) is 91.7 Å². The molecule has 0 atom stereocenters. The molecule has 0 aliphatic heterocycles. The van der Waals surface area contributed by atoms with E-state index in [1.165, 1.54) is 62.4 Å². The van der Waals surface area contributed by atoms with Gasteiger partial charge < -0.3 is 10.2 Å². The van der Waals surface area contributed by atoms with Gasteiger partial charge in [0.1, 0.15) is 11.5 Å². The van der Waals surface area contributed by atoms with Crippen LogP contribution in [0.1, 0.15) is 45.7 Å². The summed E-state index contributed by atoms with van der Waals surface area (Å²) in [5.41, 5.74) is 1.60. The predicted molar refractivity (Wildman–Crippen MR) is 99.3 cm³/mol. The van der Waals surface area contributed by atoms with Crippen LogP contribution in [0.5, 0.6) is 11.5 Å². The Bertz CT molecular complexity index is 860. The lowest BCUT2D eigenvalue weighted by Gasteiger charge is -2.02. The molecule has 0 heterocycles. The average Bonchev–Trinajstić information content (AvgIpc) is 2.59. The molecule has 26 heavy (non-hydrogen) atoms. The second kappa shape index (κ2) is 8.07. The van der Waals surface area contributed by atoms with Crippen molar-refractivity contribution in [1.29, 1.82) is 0 Å². The van der Waals surface area contributed by atoms with Gasteiger partial charge in [-0.1, -0.05) is 24.3 Å². The van der Waals surface area contributed by atoms with Gasteiger partial charge in [-0.15, -0.1) is 0 Å². The molecule has 2 aromatic rings. The molecule has 2 N–H and O–H groups in total. The Balaban J connectivity index is 2.13. The second-order valence-electron chi connectivity index (χ2n) is 5.73. The Morgan fingerprint density at radius 1 is 0.731 bits per heavy atom. The van der Waals surface area contributed by atoms with Crippen LogP contribution in [0.4, 0.5) is 0 Å². The maximum absolute atomic E-state index is 12.0. The molecule has 0 aliphatic carbocycles. The van der Waals surface area contributed by atoms with Gasteiger partial charge in [-0.25, -0.2) is 0 Å². The van der Waals surface area contributed by atoms with Crippen LogP contribution in [0, 0.1) is 0 Å². The lowest BCUT2D eigenvalue weighted by Crippen LogP contribution is -1.94. The molecule has 0 aliphatic rings. The summed E-state index contributed by atoms with van der Waals surface area (Å²) in [7, 11) is 0. The number of ketones is 3. The van der Waals surface area contributed by atoms with E-state index in [9.17, 15) is 24.6 Å². The van der Waals surface area contributed by atoms with Gasteiger partial charge in [0.25, 0.3) is 0 Å². The zero-order valence-corrected chi connectivity index (χ0v) is 14.4. The van der Waals surface area contributed by atoms with E-state index >= 15 is 0 Å². The maximum atomic E-state index is 12.0. The molecule has 5 heteroatoms. The number of benzene rings is 2. The number of aromatic hydroxyl groups is 2. The summed E-state index contributed by atoms with van der Waals surface area (Å²) in [4.78, 5) is 34.8. The van der Waals surface area contributed by atoms with Crippen LogP contribution in [0.2, 0.25) is 0 Å². The monoisotopic (exact) mass is 350 g/mol. The first-order valence-corrected chi connectivity index (χ1v) is 7.86. The van der Waals surface area contributed by atoms with Crippen molar-refractivity contribution in [1.82, 2.24) is 0 Å². The molecule has 0 saturated heterocycles. The number of hydrogen-bond donors (Lipinski definition) is 2. The zero-order chi connectivity index (χ0) is 19.3. The van der Waals surface area contributed by atoms with E-state index in [-0.39, 0.29) is 40.0 Å². The van der Waals surface area contributed by atoms with Crippen molar-refractivity contribution in [3.63, 3.8) is 0 Å². The minimum absolute atomic E-state index is 0.102. The van der Waals surface area contributed by atoms with Crippen molar-refractivity contribution in [3.8, 4) is 11.5 Å². The van der Waals surface area contributed by atoms with Crippen molar-refractivity contribution >= 4 is 29.5 Å². The largest absolute Gasteiger partial charge is 0.507 e. The van der Waals surface area contributed by atoms with Gasteiger partial charge in [0.2, 0.25) is 0 Å². The Kier molecular flexibility index (Phi) is 5.86. The lowest BCUT2D eigenvalue weighted by atomic mass is 10.1. The van der Waals surface area contributed by atoms with Crippen molar-refractivity contribution in [2.45, 2.75) is 13.8 Å². The standard InChI is InChI=1S/C21H18O5/c1-13(22)18-11-15(5-9-20(18)25)3-7-17(24)8-4-16-6-10-21(26)19(12-16)14(2)23/h3-12,25-26H,1-2H3. The molecule has 0 amide bonds. The molecule has 0 spiro atoms. The molecule has 0 saturated carbocycles. The van der Waals surface area contributed by atoms with E-state index < -0.39 is 0 Å². The van der Waals surface area contributed by atoms with E-state index in [0.29, 0.717) is 11.1 Å². The summed E-state index contributed by atoms with van der Waals surface area (Å²) >= 11 is 0. The van der Waals surface area contributed by atoms with Gasteiger partial charge in [-0.2, -0.15) is 0 Å². The fraction of sp³-hybridized carbons (Fsp3) is 0.0952. The number of carbonyl (C=O) groups excluding carboxylic acids is 3.